The molecule has 5 nitrogen and oxygen atoms in total. The minimum absolute atomic E-state index is 0.119. The van der Waals surface area contributed by atoms with Crippen LogP contribution in [0.1, 0.15) is 25.8 Å². The second-order valence-corrected chi connectivity index (χ2v) is 9.39. The van der Waals surface area contributed by atoms with Crippen molar-refractivity contribution in [3.8, 4) is 0 Å². The van der Waals surface area contributed by atoms with E-state index in [9.17, 15) is 8.42 Å². The van der Waals surface area contributed by atoms with E-state index >= 15 is 0 Å². The maximum atomic E-state index is 11.7. The van der Waals surface area contributed by atoms with E-state index in [0.29, 0.717) is 11.3 Å². The molecule has 1 aromatic rings. The van der Waals surface area contributed by atoms with Crippen LogP contribution in [0.2, 0.25) is 0 Å². The molecule has 1 aliphatic rings. The lowest BCUT2D eigenvalue weighted by atomic mass is 10.1. The van der Waals surface area contributed by atoms with Gasteiger partial charge >= 0.3 is 0 Å². The molecule has 1 heterocycles. The average Bonchev–Trinajstić information content (AvgIpc) is 2.51. The van der Waals surface area contributed by atoms with Gasteiger partial charge in [-0.15, -0.1) is 0 Å². The molecule has 4 N–H and O–H groups in total. The van der Waals surface area contributed by atoms with Crippen molar-refractivity contribution < 1.29 is 8.42 Å². The van der Waals surface area contributed by atoms with Gasteiger partial charge in [0, 0.05) is 35.0 Å². The summed E-state index contributed by atoms with van der Waals surface area (Å²) in [5.41, 5.74) is 7.85. The second-order valence-electron chi connectivity index (χ2n) is 6.05. The zero-order valence-corrected chi connectivity index (χ0v) is 14.4. The van der Waals surface area contributed by atoms with Crippen LogP contribution >= 0.6 is 11.8 Å². The number of rotatable bonds is 2. The highest BCUT2D eigenvalue weighted by Gasteiger charge is 2.26. The predicted molar refractivity (Wildman–Crippen MR) is 90.3 cm³/mol. The molecule has 118 valence electrons. The molecule has 0 bridgehead atoms. The average molecular weight is 329 g/mol. The molecule has 0 radical (unpaired) electrons. The first-order valence-corrected chi connectivity index (χ1v) is 9.45. The molecule has 0 aromatic heterocycles. The van der Waals surface area contributed by atoms with Gasteiger partial charge in [0.2, 0.25) is 10.0 Å². The number of nitrogens with two attached hydrogens (primary N) is 2. The van der Waals surface area contributed by atoms with Crippen LogP contribution in [-0.2, 0) is 10.0 Å². The number of hydrogen-bond donors (Lipinski definition) is 2. The van der Waals surface area contributed by atoms with Crippen molar-refractivity contribution in [1.82, 2.24) is 0 Å². The zero-order chi connectivity index (χ0) is 15.8. The lowest BCUT2D eigenvalue weighted by molar-refractivity contribution is 0.597. The summed E-state index contributed by atoms with van der Waals surface area (Å²) in [7, 11) is -3.76. The van der Waals surface area contributed by atoms with E-state index in [2.05, 4.69) is 18.7 Å². The third kappa shape index (κ3) is 3.84. The molecular weight excluding hydrogens is 306 g/mol. The Hall–Kier alpha value is -0.920. The van der Waals surface area contributed by atoms with Crippen LogP contribution < -0.4 is 15.8 Å². The van der Waals surface area contributed by atoms with E-state index in [1.165, 1.54) is 6.07 Å². The lowest BCUT2D eigenvalue weighted by Gasteiger charge is -2.26. The molecule has 21 heavy (non-hydrogen) atoms. The largest absolute Gasteiger partial charge is 0.399 e. The molecule has 1 aromatic carbocycles. The van der Waals surface area contributed by atoms with Crippen molar-refractivity contribution in [2.24, 2.45) is 5.14 Å². The Bertz CT molecular complexity index is 642. The zero-order valence-electron chi connectivity index (χ0n) is 12.7. The highest BCUT2D eigenvalue weighted by atomic mass is 32.2. The summed E-state index contributed by atoms with van der Waals surface area (Å²) in [6.07, 6.45) is 1.04. The fourth-order valence-electron chi connectivity index (χ4n) is 2.58. The first kappa shape index (κ1) is 16.5. The third-order valence-corrected chi connectivity index (χ3v) is 6.25. The SMILES string of the molecule is Cc1c(N2CCSC(C)(C)CC2)cc(N)cc1S(N)(=O)=O. The summed E-state index contributed by atoms with van der Waals surface area (Å²) in [5, 5.41) is 5.29. The molecule has 1 aliphatic heterocycles. The smallest absolute Gasteiger partial charge is 0.238 e. The van der Waals surface area contributed by atoms with Gasteiger partial charge in [-0.2, -0.15) is 11.8 Å². The number of primary sulfonamides is 1. The van der Waals surface area contributed by atoms with Crippen molar-refractivity contribution in [3.05, 3.63) is 17.7 Å². The quantitative estimate of drug-likeness (QED) is 0.810. The summed E-state index contributed by atoms with van der Waals surface area (Å²) < 4.78 is 23.7. The normalized spacial score (nSPS) is 19.3. The van der Waals surface area contributed by atoms with Crippen molar-refractivity contribution in [3.63, 3.8) is 0 Å². The van der Waals surface area contributed by atoms with Crippen molar-refractivity contribution >= 4 is 33.2 Å². The Labute approximate surface area is 131 Å². The van der Waals surface area contributed by atoms with E-state index in [0.717, 1.165) is 31.0 Å². The Balaban J connectivity index is 2.42. The monoisotopic (exact) mass is 329 g/mol. The van der Waals surface area contributed by atoms with Gasteiger partial charge in [-0.05, 0) is 31.0 Å². The van der Waals surface area contributed by atoms with Crippen LogP contribution in [-0.4, -0.2) is 32.0 Å². The van der Waals surface area contributed by atoms with Gasteiger partial charge in [-0.1, -0.05) is 13.8 Å². The first-order chi connectivity index (χ1) is 9.60. The predicted octanol–water partition coefficient (Wildman–Crippen LogP) is 1.95. The van der Waals surface area contributed by atoms with E-state index < -0.39 is 10.0 Å². The highest BCUT2D eigenvalue weighted by Crippen LogP contribution is 2.35. The van der Waals surface area contributed by atoms with Crippen molar-refractivity contribution in [2.75, 3.05) is 29.5 Å². The second kappa shape index (κ2) is 5.70. The highest BCUT2D eigenvalue weighted by molar-refractivity contribution is 8.00. The summed E-state index contributed by atoms with van der Waals surface area (Å²) in [6, 6.07) is 3.28. The molecule has 1 fully saturated rings. The van der Waals surface area contributed by atoms with E-state index in [4.69, 9.17) is 10.9 Å². The van der Waals surface area contributed by atoms with Crippen LogP contribution in [0.25, 0.3) is 0 Å². The third-order valence-electron chi connectivity index (χ3n) is 3.84. The molecule has 0 atom stereocenters. The molecule has 7 heteroatoms. The summed E-state index contributed by atoms with van der Waals surface area (Å²) in [5.74, 6) is 1.01. The topological polar surface area (TPSA) is 89.4 Å². The number of benzene rings is 1. The number of hydrogen-bond acceptors (Lipinski definition) is 5. The van der Waals surface area contributed by atoms with Gasteiger partial charge in [-0.3, -0.25) is 0 Å². The maximum Gasteiger partial charge on any atom is 0.238 e. The summed E-state index contributed by atoms with van der Waals surface area (Å²) >= 11 is 1.94. The Morgan fingerprint density at radius 3 is 2.57 bits per heavy atom. The molecule has 0 aliphatic carbocycles. The van der Waals surface area contributed by atoms with E-state index in [1.807, 2.05) is 17.8 Å². The van der Waals surface area contributed by atoms with Gasteiger partial charge < -0.3 is 10.6 Å². The minimum Gasteiger partial charge on any atom is -0.399 e. The number of nitrogen functional groups attached to an aromatic ring is 1. The van der Waals surface area contributed by atoms with Gasteiger partial charge in [0.05, 0.1) is 4.90 Å². The van der Waals surface area contributed by atoms with Gasteiger partial charge in [0.15, 0.2) is 0 Å². The number of thioether (sulfide) groups is 1. The van der Waals surface area contributed by atoms with Gasteiger partial charge in [-0.25, -0.2) is 13.6 Å². The van der Waals surface area contributed by atoms with Crippen LogP contribution in [0, 0.1) is 6.92 Å². The minimum atomic E-state index is -3.76. The van der Waals surface area contributed by atoms with Crippen molar-refractivity contribution in [2.45, 2.75) is 36.8 Å². The van der Waals surface area contributed by atoms with Gasteiger partial charge in [0.1, 0.15) is 0 Å². The number of anilines is 2. The molecule has 0 amide bonds. The van der Waals surface area contributed by atoms with Crippen LogP contribution in [0.5, 0.6) is 0 Å². The van der Waals surface area contributed by atoms with Crippen molar-refractivity contribution in [1.29, 1.82) is 0 Å². The van der Waals surface area contributed by atoms with Crippen LogP contribution in [0.15, 0.2) is 17.0 Å². The molecule has 0 spiro atoms. The summed E-state index contributed by atoms with van der Waals surface area (Å²) in [4.78, 5) is 2.33. The first-order valence-electron chi connectivity index (χ1n) is 6.92. The Morgan fingerprint density at radius 1 is 1.29 bits per heavy atom. The standard InChI is InChI=1S/C14H23N3O2S2/c1-10-12(8-11(15)9-13(10)21(16,18)19)17-5-4-14(2,3)20-7-6-17/h8-9H,4-7,15H2,1-3H3,(H2,16,18,19). The molecule has 1 saturated heterocycles. The molecule has 2 rings (SSSR count). The lowest BCUT2D eigenvalue weighted by Crippen LogP contribution is -2.28. The number of nitrogens with zero attached hydrogens (tertiary/aromatic N) is 1. The molecular formula is C14H23N3O2S2. The summed E-state index contributed by atoms with van der Waals surface area (Å²) in [6.45, 7) is 8.03. The van der Waals surface area contributed by atoms with Gasteiger partial charge in [0.25, 0.3) is 0 Å². The fraction of sp³-hybridized carbons (Fsp3) is 0.571. The van der Waals surface area contributed by atoms with Crippen LogP contribution in [0.3, 0.4) is 0 Å². The Morgan fingerprint density at radius 2 is 1.95 bits per heavy atom. The van der Waals surface area contributed by atoms with E-state index in [-0.39, 0.29) is 9.64 Å². The molecule has 0 unspecified atom stereocenters. The maximum absolute atomic E-state index is 11.7. The number of sulfonamides is 1. The molecule has 0 saturated carbocycles. The Kier molecular flexibility index (Phi) is 4.46. The fourth-order valence-corrected chi connectivity index (χ4v) is 4.51. The van der Waals surface area contributed by atoms with Crippen LogP contribution in [0.4, 0.5) is 11.4 Å². The van der Waals surface area contributed by atoms with E-state index in [1.54, 1.807) is 6.92 Å².